The van der Waals surface area contributed by atoms with Crippen LogP contribution < -0.4 is 4.74 Å². The van der Waals surface area contributed by atoms with Crippen molar-refractivity contribution in [2.45, 2.75) is 65.7 Å². The molecule has 0 aromatic carbocycles. The summed E-state index contributed by atoms with van der Waals surface area (Å²) in [6, 6.07) is 1.97. The van der Waals surface area contributed by atoms with Gasteiger partial charge in [-0.15, -0.1) is 0 Å². The van der Waals surface area contributed by atoms with Gasteiger partial charge in [0.2, 0.25) is 0 Å². The van der Waals surface area contributed by atoms with Gasteiger partial charge in [-0.2, -0.15) is 10.2 Å². The largest absolute Gasteiger partial charge is 0.486 e. The number of likely N-dealkylation sites (tertiary alicyclic amines) is 1. The Morgan fingerprint density at radius 3 is 2.64 bits per heavy atom. The second-order valence-electron chi connectivity index (χ2n) is 6.89. The maximum atomic E-state index is 12.2. The van der Waals surface area contributed by atoms with Crippen molar-refractivity contribution in [1.82, 2.24) is 15.1 Å². The van der Waals surface area contributed by atoms with Crippen LogP contribution in [0.5, 0.6) is 5.75 Å². The summed E-state index contributed by atoms with van der Waals surface area (Å²) in [7, 11) is 0. The quantitative estimate of drug-likeness (QED) is 0.840. The fraction of sp³-hybridized carbons (Fsp3) is 0.688. The summed E-state index contributed by atoms with van der Waals surface area (Å²) >= 11 is 0. The minimum atomic E-state index is -0.488. The van der Waals surface area contributed by atoms with Crippen LogP contribution in [0.3, 0.4) is 0 Å². The first-order valence-electron chi connectivity index (χ1n) is 7.63. The Morgan fingerprint density at radius 1 is 1.32 bits per heavy atom. The molecular weight excluding hydrogens is 282 g/mol. The van der Waals surface area contributed by atoms with Crippen LogP contribution in [0.25, 0.3) is 0 Å². The molecule has 1 aromatic heterocycles. The van der Waals surface area contributed by atoms with E-state index in [9.17, 15) is 4.79 Å². The Labute approximate surface area is 131 Å². The Bertz CT molecular complexity index is 554. The highest BCUT2D eigenvalue weighted by Crippen LogP contribution is 2.26. The van der Waals surface area contributed by atoms with Gasteiger partial charge in [0, 0.05) is 18.5 Å². The van der Waals surface area contributed by atoms with Gasteiger partial charge in [0.15, 0.2) is 0 Å². The molecule has 22 heavy (non-hydrogen) atoms. The molecule has 122 valence electrons. The number of ether oxygens (including phenoxy) is 2. The number of nitrogens with zero attached hydrogens (tertiary/aromatic N) is 3. The van der Waals surface area contributed by atoms with Gasteiger partial charge in [-0.05, 0) is 41.5 Å². The van der Waals surface area contributed by atoms with E-state index in [0.717, 1.165) is 23.6 Å². The molecule has 1 aromatic rings. The molecule has 1 saturated heterocycles. The van der Waals surface area contributed by atoms with E-state index in [4.69, 9.17) is 9.47 Å². The molecule has 0 N–H and O–H groups in total. The number of carbonyl (C=O) groups excluding carboxylic acids is 1. The molecule has 2 heterocycles. The van der Waals surface area contributed by atoms with E-state index in [-0.39, 0.29) is 18.2 Å². The van der Waals surface area contributed by atoms with E-state index >= 15 is 0 Å². The molecule has 1 amide bonds. The third-order valence-corrected chi connectivity index (χ3v) is 3.51. The predicted octanol–water partition coefficient (Wildman–Crippen LogP) is 2.87. The van der Waals surface area contributed by atoms with Crippen molar-refractivity contribution >= 4 is 6.09 Å². The molecule has 0 unspecified atom stereocenters. The first kappa shape index (κ1) is 16.5. The minimum absolute atomic E-state index is 0.0511. The molecule has 0 radical (unpaired) electrons. The summed E-state index contributed by atoms with van der Waals surface area (Å²) < 4.78 is 11.5. The molecule has 6 nitrogen and oxygen atoms in total. The molecule has 1 aliphatic rings. The molecule has 0 aliphatic carbocycles. The smallest absolute Gasteiger partial charge is 0.410 e. The average molecular weight is 307 g/mol. The molecule has 2 atom stereocenters. The van der Waals surface area contributed by atoms with E-state index in [1.807, 2.05) is 47.6 Å². The molecule has 2 rings (SSSR count). The zero-order chi connectivity index (χ0) is 16.5. The molecule has 0 spiro atoms. The van der Waals surface area contributed by atoms with E-state index in [2.05, 4.69) is 10.2 Å². The van der Waals surface area contributed by atoms with Crippen molar-refractivity contribution in [1.29, 1.82) is 0 Å². The van der Waals surface area contributed by atoms with Gasteiger partial charge in [-0.3, -0.25) is 0 Å². The third-order valence-electron chi connectivity index (χ3n) is 3.51. The maximum Gasteiger partial charge on any atom is 0.410 e. The van der Waals surface area contributed by atoms with Crippen LogP contribution in [-0.4, -0.2) is 45.5 Å². The van der Waals surface area contributed by atoms with Crippen LogP contribution in [-0.2, 0) is 4.74 Å². The third kappa shape index (κ3) is 4.08. The van der Waals surface area contributed by atoms with Gasteiger partial charge in [-0.25, -0.2) is 4.79 Å². The Morgan fingerprint density at radius 2 is 2.00 bits per heavy atom. The zero-order valence-corrected chi connectivity index (χ0v) is 14.2. The van der Waals surface area contributed by atoms with Gasteiger partial charge in [0.05, 0.1) is 12.2 Å². The Balaban J connectivity index is 2.01. The van der Waals surface area contributed by atoms with Gasteiger partial charge in [0.25, 0.3) is 0 Å². The topological polar surface area (TPSA) is 64.5 Å². The van der Waals surface area contributed by atoms with E-state index in [0.29, 0.717) is 6.54 Å². The van der Waals surface area contributed by atoms with Gasteiger partial charge in [0.1, 0.15) is 23.1 Å². The van der Waals surface area contributed by atoms with Crippen molar-refractivity contribution in [3.05, 3.63) is 17.5 Å². The molecule has 1 fully saturated rings. The monoisotopic (exact) mass is 307 g/mol. The second-order valence-corrected chi connectivity index (χ2v) is 6.89. The number of aromatic nitrogens is 2. The predicted molar refractivity (Wildman–Crippen MR) is 82.9 cm³/mol. The van der Waals surface area contributed by atoms with Gasteiger partial charge in [-0.1, -0.05) is 0 Å². The summed E-state index contributed by atoms with van der Waals surface area (Å²) in [4.78, 5) is 13.9. The fourth-order valence-corrected chi connectivity index (χ4v) is 2.47. The zero-order valence-electron chi connectivity index (χ0n) is 14.2. The van der Waals surface area contributed by atoms with Gasteiger partial charge >= 0.3 is 6.09 Å². The first-order chi connectivity index (χ1) is 10.2. The summed E-state index contributed by atoms with van der Waals surface area (Å²) in [5.74, 6) is 0.732. The molecule has 1 aliphatic heterocycles. The second kappa shape index (κ2) is 6.10. The van der Waals surface area contributed by atoms with Crippen molar-refractivity contribution in [2.24, 2.45) is 0 Å². The van der Waals surface area contributed by atoms with Crippen molar-refractivity contribution in [3.63, 3.8) is 0 Å². The van der Waals surface area contributed by atoms with Crippen molar-refractivity contribution in [3.8, 4) is 5.75 Å². The fourth-order valence-electron chi connectivity index (χ4n) is 2.47. The van der Waals surface area contributed by atoms with Crippen LogP contribution in [0.4, 0.5) is 4.79 Å². The summed E-state index contributed by atoms with van der Waals surface area (Å²) in [5, 5.41) is 8.06. The van der Waals surface area contributed by atoms with E-state index in [1.165, 1.54) is 0 Å². The Kier molecular flexibility index (Phi) is 4.58. The number of aryl methyl sites for hydroxylation is 2. The van der Waals surface area contributed by atoms with Crippen LogP contribution in [0.15, 0.2) is 6.07 Å². The van der Waals surface area contributed by atoms with Crippen LogP contribution in [0, 0.1) is 13.8 Å². The van der Waals surface area contributed by atoms with Gasteiger partial charge < -0.3 is 14.4 Å². The van der Waals surface area contributed by atoms with Crippen molar-refractivity contribution in [2.75, 3.05) is 6.54 Å². The highest BCUT2D eigenvalue weighted by molar-refractivity contribution is 5.69. The summed E-state index contributed by atoms with van der Waals surface area (Å²) in [6.45, 7) is 11.9. The number of rotatable bonds is 2. The number of amides is 1. The number of hydrogen-bond acceptors (Lipinski definition) is 5. The number of hydrogen-bond donors (Lipinski definition) is 0. The van der Waals surface area contributed by atoms with Crippen LogP contribution in [0.1, 0.15) is 45.5 Å². The molecule has 0 bridgehead atoms. The SMILES string of the molecule is Cc1cc(O[C@@H]2C[C@H](C)N(C(=O)OC(C)(C)C)C2)c(C)nn1. The molecule has 6 heteroatoms. The lowest BCUT2D eigenvalue weighted by atomic mass is 10.2. The summed E-state index contributed by atoms with van der Waals surface area (Å²) in [6.07, 6.45) is 0.441. The van der Waals surface area contributed by atoms with E-state index in [1.54, 1.807) is 4.90 Å². The first-order valence-corrected chi connectivity index (χ1v) is 7.63. The Hall–Kier alpha value is -1.85. The lowest BCUT2D eigenvalue weighted by molar-refractivity contribution is 0.0224. The molecular formula is C16H25N3O3. The van der Waals surface area contributed by atoms with Crippen LogP contribution >= 0.6 is 0 Å². The maximum absolute atomic E-state index is 12.2. The highest BCUT2D eigenvalue weighted by atomic mass is 16.6. The standard InChI is InChI=1S/C16H25N3O3/c1-10-7-14(12(3)18-17-10)21-13-8-11(2)19(9-13)15(20)22-16(4,5)6/h7,11,13H,8-9H2,1-6H3/t11-,13+/m0/s1. The van der Waals surface area contributed by atoms with Crippen molar-refractivity contribution < 1.29 is 14.3 Å². The average Bonchev–Trinajstić information content (AvgIpc) is 2.73. The minimum Gasteiger partial charge on any atom is -0.486 e. The van der Waals surface area contributed by atoms with E-state index < -0.39 is 5.60 Å². The lowest BCUT2D eigenvalue weighted by Gasteiger charge is -2.26. The summed E-state index contributed by atoms with van der Waals surface area (Å²) in [5.41, 5.74) is 1.09. The number of carbonyl (C=O) groups is 1. The van der Waals surface area contributed by atoms with Crippen LogP contribution in [0.2, 0.25) is 0 Å². The molecule has 0 saturated carbocycles. The lowest BCUT2D eigenvalue weighted by Crippen LogP contribution is -2.39. The highest BCUT2D eigenvalue weighted by Gasteiger charge is 2.36. The normalized spacial score (nSPS) is 21.8.